The lowest BCUT2D eigenvalue weighted by Gasteiger charge is -2.26. The van der Waals surface area contributed by atoms with E-state index in [2.05, 4.69) is 62.1 Å². The fraction of sp³-hybridized carbons (Fsp3) is 0.645. The highest BCUT2D eigenvalue weighted by molar-refractivity contribution is 6.09. The molecule has 3 nitrogen and oxygen atoms in total. The van der Waals surface area contributed by atoms with Crippen LogP contribution < -0.4 is 4.74 Å². The van der Waals surface area contributed by atoms with Crippen LogP contribution in [0.2, 0.25) is 0 Å². The van der Waals surface area contributed by atoms with Crippen molar-refractivity contribution in [2.45, 2.75) is 111 Å². The topological polar surface area (TPSA) is 36.3 Å². The van der Waals surface area contributed by atoms with Crippen LogP contribution in [-0.4, -0.2) is 30.4 Å². The summed E-state index contributed by atoms with van der Waals surface area (Å²) >= 11 is 0. The Morgan fingerprint density at radius 1 is 0.647 bits per heavy atom. The third-order valence-corrected chi connectivity index (χ3v) is 6.77. The maximum absolute atomic E-state index is 9.19. The number of unbranched alkanes of at least 4 members (excludes halogenated alkanes) is 11. The van der Waals surface area contributed by atoms with Crippen molar-refractivity contribution in [3.63, 3.8) is 0 Å². The van der Waals surface area contributed by atoms with E-state index in [9.17, 15) is 5.41 Å². The van der Waals surface area contributed by atoms with Crippen LogP contribution in [-0.2, 0) is 0 Å². The Bertz CT molecular complexity index is 800. The lowest BCUT2D eigenvalue weighted by molar-refractivity contribution is 0.313. The minimum atomic E-state index is 0.679. The smallest absolute Gasteiger partial charge is 0.128 e. The number of nitrogens with zero attached hydrogens (tertiary/aromatic N) is 1. The molecular weight excluding hydrogens is 416 g/mol. The standard InChI is InChI=1S/C31H50N2O/c1-4-7-10-12-14-18-24-33(25-19-15-13-11-8-5-2)31(32)29-22-23-30(34-26-9-6-3)28-21-17-16-20-27(28)29/h16-17,20-23,32H,4-15,18-19,24-26H2,1-3H3. The van der Waals surface area contributed by atoms with Gasteiger partial charge in [-0.1, -0.05) is 116 Å². The van der Waals surface area contributed by atoms with Gasteiger partial charge in [0.05, 0.1) is 6.61 Å². The lowest BCUT2D eigenvalue weighted by Crippen LogP contribution is -2.33. The third kappa shape index (κ3) is 9.68. The quantitative estimate of drug-likeness (QED) is 0.127. The zero-order chi connectivity index (χ0) is 24.4. The molecule has 1 N–H and O–H groups in total. The van der Waals surface area contributed by atoms with Gasteiger partial charge in [0.1, 0.15) is 11.6 Å². The molecule has 2 aromatic carbocycles. The van der Waals surface area contributed by atoms with Gasteiger partial charge in [-0.15, -0.1) is 0 Å². The maximum atomic E-state index is 9.19. The normalized spacial score (nSPS) is 11.1. The first-order valence-electron chi connectivity index (χ1n) is 14.2. The molecule has 0 saturated heterocycles. The molecule has 0 aliphatic carbocycles. The van der Waals surface area contributed by atoms with Crippen molar-refractivity contribution < 1.29 is 4.74 Å². The molecule has 0 aliphatic rings. The van der Waals surface area contributed by atoms with Gasteiger partial charge in [-0.3, -0.25) is 5.41 Å². The van der Waals surface area contributed by atoms with Crippen molar-refractivity contribution in [2.75, 3.05) is 19.7 Å². The molecule has 0 saturated carbocycles. The minimum Gasteiger partial charge on any atom is -0.493 e. The molecule has 190 valence electrons. The highest BCUT2D eigenvalue weighted by atomic mass is 16.5. The van der Waals surface area contributed by atoms with E-state index in [-0.39, 0.29) is 0 Å². The number of benzene rings is 2. The molecule has 34 heavy (non-hydrogen) atoms. The molecule has 0 amide bonds. The van der Waals surface area contributed by atoms with Crippen LogP contribution in [0.5, 0.6) is 5.75 Å². The van der Waals surface area contributed by atoms with E-state index >= 15 is 0 Å². The molecule has 0 fully saturated rings. The summed E-state index contributed by atoms with van der Waals surface area (Å²) in [4.78, 5) is 2.35. The number of hydrogen-bond acceptors (Lipinski definition) is 2. The van der Waals surface area contributed by atoms with E-state index in [0.717, 1.165) is 54.6 Å². The number of rotatable bonds is 19. The molecular formula is C31H50N2O. The first kappa shape index (κ1) is 28.2. The number of nitrogens with one attached hydrogen (secondary N) is 1. The van der Waals surface area contributed by atoms with E-state index in [1.807, 2.05) is 0 Å². The first-order valence-corrected chi connectivity index (χ1v) is 14.2. The maximum Gasteiger partial charge on any atom is 0.128 e. The molecule has 0 radical (unpaired) electrons. The second kappa shape index (κ2) is 17.4. The van der Waals surface area contributed by atoms with Crippen LogP contribution in [0.4, 0.5) is 0 Å². The third-order valence-electron chi connectivity index (χ3n) is 6.77. The van der Waals surface area contributed by atoms with Crippen molar-refractivity contribution >= 4 is 16.6 Å². The molecule has 0 aliphatic heterocycles. The van der Waals surface area contributed by atoms with Crippen LogP contribution in [0.3, 0.4) is 0 Å². The van der Waals surface area contributed by atoms with Crippen molar-refractivity contribution in [1.82, 2.24) is 4.90 Å². The van der Waals surface area contributed by atoms with Crippen molar-refractivity contribution in [3.8, 4) is 5.75 Å². The number of amidine groups is 1. The fourth-order valence-corrected chi connectivity index (χ4v) is 4.60. The Labute approximate surface area is 209 Å². The molecule has 0 atom stereocenters. The van der Waals surface area contributed by atoms with Gasteiger partial charge in [0.15, 0.2) is 0 Å². The summed E-state index contributed by atoms with van der Waals surface area (Å²) < 4.78 is 6.09. The van der Waals surface area contributed by atoms with Crippen LogP contribution in [0.15, 0.2) is 36.4 Å². The Kier molecular flexibility index (Phi) is 14.4. The van der Waals surface area contributed by atoms with Gasteiger partial charge in [0.2, 0.25) is 0 Å². The largest absolute Gasteiger partial charge is 0.493 e. The highest BCUT2D eigenvalue weighted by Crippen LogP contribution is 2.30. The zero-order valence-electron chi connectivity index (χ0n) is 22.3. The number of ether oxygens (including phenoxy) is 1. The van der Waals surface area contributed by atoms with E-state index < -0.39 is 0 Å². The number of hydrogen-bond donors (Lipinski definition) is 1. The second-order valence-electron chi connectivity index (χ2n) is 9.73. The summed E-state index contributed by atoms with van der Waals surface area (Å²) in [5.41, 5.74) is 1.04. The predicted octanol–water partition coefficient (Wildman–Crippen LogP) is 9.37. The molecule has 0 spiro atoms. The second-order valence-corrected chi connectivity index (χ2v) is 9.73. The molecule has 2 rings (SSSR count). The van der Waals surface area contributed by atoms with Gasteiger partial charge in [0.25, 0.3) is 0 Å². The van der Waals surface area contributed by atoms with Crippen LogP contribution in [0.25, 0.3) is 10.8 Å². The Balaban J connectivity index is 2.10. The van der Waals surface area contributed by atoms with Gasteiger partial charge in [0, 0.05) is 24.0 Å². The van der Waals surface area contributed by atoms with Crippen molar-refractivity contribution in [3.05, 3.63) is 42.0 Å². The molecule has 0 unspecified atom stereocenters. The van der Waals surface area contributed by atoms with E-state index in [0.29, 0.717) is 5.84 Å². The van der Waals surface area contributed by atoms with Gasteiger partial charge in [-0.25, -0.2) is 0 Å². The summed E-state index contributed by atoms with van der Waals surface area (Å²) in [5.74, 6) is 1.62. The summed E-state index contributed by atoms with van der Waals surface area (Å²) in [6.45, 7) is 9.46. The zero-order valence-corrected chi connectivity index (χ0v) is 22.3. The highest BCUT2D eigenvalue weighted by Gasteiger charge is 2.16. The summed E-state index contributed by atoms with van der Waals surface area (Å²) in [6.07, 6.45) is 17.7. The summed E-state index contributed by atoms with van der Waals surface area (Å²) in [5, 5.41) is 11.4. The van der Waals surface area contributed by atoms with Gasteiger partial charge in [-0.05, 0) is 36.8 Å². The Hall–Kier alpha value is -2.03. The van der Waals surface area contributed by atoms with Gasteiger partial charge in [-0.2, -0.15) is 0 Å². The minimum absolute atomic E-state index is 0.679. The molecule has 2 aromatic rings. The lowest BCUT2D eigenvalue weighted by atomic mass is 10.0. The van der Waals surface area contributed by atoms with Gasteiger partial charge < -0.3 is 9.64 Å². The average molecular weight is 467 g/mol. The monoisotopic (exact) mass is 466 g/mol. The Morgan fingerprint density at radius 2 is 1.18 bits per heavy atom. The fourth-order valence-electron chi connectivity index (χ4n) is 4.60. The van der Waals surface area contributed by atoms with E-state index in [1.165, 1.54) is 77.0 Å². The van der Waals surface area contributed by atoms with E-state index in [1.54, 1.807) is 0 Å². The first-order chi connectivity index (χ1) is 16.7. The molecule has 0 aromatic heterocycles. The molecule has 0 heterocycles. The predicted molar refractivity (Wildman–Crippen MR) is 150 cm³/mol. The van der Waals surface area contributed by atoms with Crippen LogP contribution >= 0.6 is 0 Å². The average Bonchev–Trinajstić information content (AvgIpc) is 2.86. The molecule has 3 heteroatoms. The van der Waals surface area contributed by atoms with Crippen molar-refractivity contribution in [2.24, 2.45) is 0 Å². The van der Waals surface area contributed by atoms with Crippen LogP contribution in [0, 0.1) is 5.41 Å². The van der Waals surface area contributed by atoms with Gasteiger partial charge >= 0.3 is 0 Å². The number of fused-ring (bicyclic) bond motifs is 1. The summed E-state index contributed by atoms with van der Waals surface area (Å²) in [7, 11) is 0. The van der Waals surface area contributed by atoms with Crippen molar-refractivity contribution in [1.29, 1.82) is 5.41 Å². The van der Waals surface area contributed by atoms with Crippen LogP contribution in [0.1, 0.15) is 116 Å². The Morgan fingerprint density at radius 3 is 1.76 bits per heavy atom. The SMILES string of the molecule is CCCCCCCCN(CCCCCCCC)C(=N)c1ccc(OCCCC)c2ccccc12. The summed E-state index contributed by atoms with van der Waals surface area (Å²) in [6, 6.07) is 12.6. The van der Waals surface area contributed by atoms with E-state index in [4.69, 9.17) is 4.74 Å². The molecule has 0 bridgehead atoms.